The van der Waals surface area contributed by atoms with Crippen molar-refractivity contribution in [1.29, 1.82) is 0 Å². The van der Waals surface area contributed by atoms with Crippen LogP contribution in [0.15, 0.2) is 48.5 Å². The molecule has 1 unspecified atom stereocenters. The molecule has 0 radical (unpaired) electrons. The molecule has 0 heterocycles. The Hall–Kier alpha value is -2.35. The lowest BCUT2D eigenvalue weighted by Crippen LogP contribution is -2.25. The van der Waals surface area contributed by atoms with Crippen molar-refractivity contribution in [1.82, 2.24) is 5.32 Å². The van der Waals surface area contributed by atoms with Gasteiger partial charge < -0.3 is 5.32 Å². The fourth-order valence-corrected chi connectivity index (χ4v) is 2.42. The normalized spacial score (nSPS) is 12.4. The standard InChI is InChI=1S/C20H23NO/c1-14-6-9-18(10-7-14)11-12-20(22)21-17(4)19-13-15(2)5-8-16(19)3/h5-13,17H,1-4H3,(H,21,22)/b12-11+. The van der Waals surface area contributed by atoms with E-state index in [2.05, 4.69) is 37.4 Å². The number of amides is 1. The number of hydrogen-bond donors (Lipinski definition) is 1. The van der Waals surface area contributed by atoms with Crippen LogP contribution >= 0.6 is 0 Å². The van der Waals surface area contributed by atoms with E-state index in [9.17, 15) is 4.79 Å². The molecule has 1 atom stereocenters. The van der Waals surface area contributed by atoms with E-state index < -0.39 is 0 Å². The third-order valence-electron chi connectivity index (χ3n) is 3.76. The molecular formula is C20H23NO. The first kappa shape index (κ1) is 16.0. The zero-order valence-corrected chi connectivity index (χ0v) is 13.7. The van der Waals surface area contributed by atoms with Crippen molar-refractivity contribution in [2.24, 2.45) is 0 Å². The Kier molecular flexibility index (Phi) is 5.16. The van der Waals surface area contributed by atoms with Crippen LogP contribution in [0.1, 0.15) is 40.8 Å². The Balaban J connectivity index is 2.02. The highest BCUT2D eigenvalue weighted by Crippen LogP contribution is 2.18. The monoisotopic (exact) mass is 293 g/mol. The van der Waals surface area contributed by atoms with Crippen molar-refractivity contribution in [3.8, 4) is 0 Å². The number of carbonyl (C=O) groups is 1. The van der Waals surface area contributed by atoms with E-state index in [1.807, 2.05) is 44.2 Å². The Morgan fingerprint density at radius 3 is 2.32 bits per heavy atom. The predicted octanol–water partition coefficient (Wildman–Crippen LogP) is 4.50. The summed E-state index contributed by atoms with van der Waals surface area (Å²) in [5.41, 5.74) is 5.81. The van der Waals surface area contributed by atoms with E-state index in [-0.39, 0.29) is 11.9 Å². The third-order valence-corrected chi connectivity index (χ3v) is 3.76. The SMILES string of the molecule is Cc1ccc(/C=C/C(=O)NC(C)c2cc(C)ccc2C)cc1. The van der Waals surface area contributed by atoms with Gasteiger partial charge in [-0.25, -0.2) is 0 Å². The molecule has 22 heavy (non-hydrogen) atoms. The fourth-order valence-electron chi connectivity index (χ4n) is 2.42. The molecule has 114 valence electrons. The van der Waals surface area contributed by atoms with Crippen LogP contribution in [0.25, 0.3) is 6.08 Å². The molecule has 0 aliphatic carbocycles. The first-order valence-corrected chi connectivity index (χ1v) is 7.58. The van der Waals surface area contributed by atoms with E-state index in [0.29, 0.717) is 0 Å². The molecule has 2 rings (SSSR count). The number of nitrogens with one attached hydrogen (secondary N) is 1. The van der Waals surface area contributed by atoms with Crippen LogP contribution in [0, 0.1) is 20.8 Å². The van der Waals surface area contributed by atoms with Gasteiger partial charge in [0.05, 0.1) is 6.04 Å². The van der Waals surface area contributed by atoms with Gasteiger partial charge in [-0.2, -0.15) is 0 Å². The molecule has 1 N–H and O–H groups in total. The second kappa shape index (κ2) is 7.08. The average Bonchev–Trinajstić information content (AvgIpc) is 2.49. The summed E-state index contributed by atoms with van der Waals surface area (Å²) in [7, 11) is 0. The number of carbonyl (C=O) groups excluding carboxylic acids is 1. The summed E-state index contributed by atoms with van der Waals surface area (Å²) in [6.07, 6.45) is 3.43. The van der Waals surface area contributed by atoms with E-state index in [1.54, 1.807) is 6.08 Å². The van der Waals surface area contributed by atoms with Crippen molar-refractivity contribution < 1.29 is 4.79 Å². The lowest BCUT2D eigenvalue weighted by molar-refractivity contribution is -0.117. The highest BCUT2D eigenvalue weighted by atomic mass is 16.1. The van der Waals surface area contributed by atoms with E-state index in [1.165, 1.54) is 16.7 Å². The zero-order chi connectivity index (χ0) is 16.1. The molecule has 0 fully saturated rings. The molecule has 0 bridgehead atoms. The second-order valence-electron chi connectivity index (χ2n) is 5.83. The van der Waals surface area contributed by atoms with Gasteiger partial charge in [0.15, 0.2) is 0 Å². The van der Waals surface area contributed by atoms with Gasteiger partial charge in [0.1, 0.15) is 0 Å². The molecule has 2 heteroatoms. The van der Waals surface area contributed by atoms with Crippen LogP contribution in [-0.2, 0) is 4.79 Å². The summed E-state index contributed by atoms with van der Waals surface area (Å²) in [6, 6.07) is 14.4. The van der Waals surface area contributed by atoms with Crippen molar-refractivity contribution in [2.75, 3.05) is 0 Å². The van der Waals surface area contributed by atoms with Crippen LogP contribution < -0.4 is 5.32 Å². The minimum absolute atomic E-state index is 0.00457. The number of rotatable bonds is 4. The first-order valence-electron chi connectivity index (χ1n) is 7.58. The van der Waals surface area contributed by atoms with Crippen LogP contribution in [0.2, 0.25) is 0 Å². The van der Waals surface area contributed by atoms with Crippen LogP contribution in [0.5, 0.6) is 0 Å². The van der Waals surface area contributed by atoms with Crippen LogP contribution in [-0.4, -0.2) is 5.91 Å². The van der Waals surface area contributed by atoms with Crippen molar-refractivity contribution in [3.05, 3.63) is 76.4 Å². The minimum atomic E-state index is -0.0750. The molecule has 2 nitrogen and oxygen atoms in total. The summed E-state index contributed by atoms with van der Waals surface area (Å²) in [4.78, 5) is 12.1. The quantitative estimate of drug-likeness (QED) is 0.826. The lowest BCUT2D eigenvalue weighted by atomic mass is 10.00. The minimum Gasteiger partial charge on any atom is -0.346 e. The Labute approximate surface area is 132 Å². The van der Waals surface area contributed by atoms with E-state index >= 15 is 0 Å². The summed E-state index contributed by atoms with van der Waals surface area (Å²) < 4.78 is 0. The van der Waals surface area contributed by atoms with Gasteiger partial charge in [-0.15, -0.1) is 0 Å². The topological polar surface area (TPSA) is 29.1 Å². The highest BCUT2D eigenvalue weighted by molar-refractivity contribution is 5.92. The summed E-state index contributed by atoms with van der Waals surface area (Å²) in [5, 5.41) is 3.02. The fraction of sp³-hybridized carbons (Fsp3) is 0.250. The largest absolute Gasteiger partial charge is 0.346 e. The number of benzene rings is 2. The predicted molar refractivity (Wildman–Crippen MR) is 92.7 cm³/mol. The van der Waals surface area contributed by atoms with Gasteiger partial charge >= 0.3 is 0 Å². The van der Waals surface area contributed by atoms with E-state index in [4.69, 9.17) is 0 Å². The Bertz CT molecular complexity index is 683. The molecule has 2 aromatic rings. The summed E-state index contributed by atoms with van der Waals surface area (Å²) in [6.45, 7) is 8.19. The summed E-state index contributed by atoms with van der Waals surface area (Å²) >= 11 is 0. The van der Waals surface area contributed by atoms with Crippen LogP contribution in [0.4, 0.5) is 0 Å². The smallest absolute Gasteiger partial charge is 0.244 e. The third kappa shape index (κ3) is 4.32. The van der Waals surface area contributed by atoms with Gasteiger partial charge in [-0.1, -0.05) is 53.6 Å². The molecule has 0 aliphatic rings. The molecular weight excluding hydrogens is 270 g/mol. The summed E-state index contributed by atoms with van der Waals surface area (Å²) in [5.74, 6) is -0.0750. The molecule has 0 aliphatic heterocycles. The van der Waals surface area contributed by atoms with Gasteiger partial charge in [-0.3, -0.25) is 4.79 Å². The van der Waals surface area contributed by atoms with Gasteiger partial charge in [0.25, 0.3) is 0 Å². The maximum absolute atomic E-state index is 12.1. The van der Waals surface area contributed by atoms with Crippen molar-refractivity contribution in [2.45, 2.75) is 33.7 Å². The molecule has 0 aromatic heterocycles. The van der Waals surface area contributed by atoms with Gasteiger partial charge in [0, 0.05) is 6.08 Å². The maximum atomic E-state index is 12.1. The average molecular weight is 293 g/mol. The number of aryl methyl sites for hydroxylation is 3. The molecule has 0 spiro atoms. The number of hydrogen-bond acceptors (Lipinski definition) is 1. The Morgan fingerprint density at radius 2 is 1.64 bits per heavy atom. The highest BCUT2D eigenvalue weighted by Gasteiger charge is 2.10. The first-order chi connectivity index (χ1) is 10.5. The van der Waals surface area contributed by atoms with Gasteiger partial charge in [0.2, 0.25) is 5.91 Å². The zero-order valence-electron chi connectivity index (χ0n) is 13.7. The second-order valence-corrected chi connectivity index (χ2v) is 5.83. The van der Waals surface area contributed by atoms with Crippen LogP contribution in [0.3, 0.4) is 0 Å². The molecule has 2 aromatic carbocycles. The lowest BCUT2D eigenvalue weighted by Gasteiger charge is -2.16. The van der Waals surface area contributed by atoms with E-state index in [0.717, 1.165) is 11.1 Å². The molecule has 0 saturated carbocycles. The molecule has 1 amide bonds. The molecule has 0 saturated heterocycles. The maximum Gasteiger partial charge on any atom is 0.244 e. The van der Waals surface area contributed by atoms with Crippen molar-refractivity contribution >= 4 is 12.0 Å². The Morgan fingerprint density at radius 1 is 1.00 bits per heavy atom. The van der Waals surface area contributed by atoms with Gasteiger partial charge in [-0.05, 0) is 50.5 Å². The van der Waals surface area contributed by atoms with Crippen molar-refractivity contribution in [3.63, 3.8) is 0 Å².